The fourth-order valence-electron chi connectivity index (χ4n) is 5.23. The van der Waals surface area contributed by atoms with Crippen molar-refractivity contribution in [1.29, 1.82) is 0 Å². The van der Waals surface area contributed by atoms with Crippen LogP contribution in [0.25, 0.3) is 0 Å². The number of likely N-dealkylation sites (tertiary alicyclic amines) is 1. The quantitative estimate of drug-likeness (QED) is 0.759. The monoisotopic (exact) mass is 344 g/mol. The van der Waals surface area contributed by atoms with Crippen LogP contribution in [0, 0.1) is 17.8 Å². The van der Waals surface area contributed by atoms with E-state index in [9.17, 15) is 9.90 Å². The zero-order valence-electron chi connectivity index (χ0n) is 15.0. The topological polar surface area (TPSA) is 61.8 Å². The van der Waals surface area contributed by atoms with Crippen LogP contribution in [0.3, 0.4) is 0 Å². The maximum atomic E-state index is 11.3. The zero-order valence-corrected chi connectivity index (χ0v) is 15.0. The first-order chi connectivity index (χ1) is 12.1. The van der Waals surface area contributed by atoms with Crippen LogP contribution < -0.4 is 5.32 Å². The van der Waals surface area contributed by atoms with Crippen LogP contribution in [-0.2, 0) is 9.53 Å². The molecule has 2 heterocycles. The average molecular weight is 344 g/mol. The molecule has 25 heavy (non-hydrogen) atoms. The molecular formula is C20H28N2O3. The van der Waals surface area contributed by atoms with Crippen LogP contribution in [0.5, 0.6) is 0 Å². The fraction of sp³-hybridized carbons (Fsp3) is 0.650. The number of nitrogens with one attached hydrogen (secondary N) is 1. The van der Waals surface area contributed by atoms with Crippen LogP contribution in [0.2, 0.25) is 0 Å². The molecule has 0 aromatic carbocycles. The lowest BCUT2D eigenvalue weighted by Gasteiger charge is -2.53. The van der Waals surface area contributed by atoms with Crippen molar-refractivity contribution >= 4 is 5.97 Å². The van der Waals surface area contributed by atoms with Crippen LogP contribution in [0.1, 0.15) is 26.7 Å². The van der Waals surface area contributed by atoms with Gasteiger partial charge in [-0.1, -0.05) is 30.7 Å². The van der Waals surface area contributed by atoms with Gasteiger partial charge in [0.2, 0.25) is 0 Å². The Balaban J connectivity index is 1.65. The molecule has 1 saturated heterocycles. The third-order valence-electron chi connectivity index (χ3n) is 6.23. The molecule has 4 rings (SSSR count). The highest BCUT2D eigenvalue weighted by atomic mass is 16.5. The summed E-state index contributed by atoms with van der Waals surface area (Å²) in [6.07, 6.45) is 10.4. The first kappa shape index (κ1) is 16.9. The molecule has 5 nitrogen and oxygen atoms in total. The summed E-state index contributed by atoms with van der Waals surface area (Å²) < 4.78 is 5.27. The Labute approximate surface area is 149 Å². The lowest BCUT2D eigenvalue weighted by molar-refractivity contribution is -0.146. The van der Waals surface area contributed by atoms with E-state index in [-0.39, 0.29) is 17.8 Å². The Morgan fingerprint density at radius 1 is 1.48 bits per heavy atom. The minimum atomic E-state index is -0.460. The molecular weight excluding hydrogens is 316 g/mol. The van der Waals surface area contributed by atoms with E-state index in [2.05, 4.69) is 41.6 Å². The number of hydrogen-bond donors (Lipinski definition) is 2. The van der Waals surface area contributed by atoms with E-state index in [0.29, 0.717) is 24.6 Å². The molecule has 2 aliphatic carbocycles. The SMILES string of the molecule is CCCN1C[C@H](COC(C)=O)[C@@H](O)[C@@H]2C3=CC=CC4NC=C(C[C@H]21)C34. The minimum absolute atomic E-state index is 0.0261. The van der Waals surface area contributed by atoms with Gasteiger partial charge in [-0.3, -0.25) is 9.69 Å². The predicted molar refractivity (Wildman–Crippen MR) is 95.6 cm³/mol. The number of fused-ring (bicyclic) bond motifs is 2. The Bertz CT molecular complexity index is 639. The average Bonchev–Trinajstić information content (AvgIpc) is 3.01. The summed E-state index contributed by atoms with van der Waals surface area (Å²) in [6, 6.07) is 0.668. The van der Waals surface area contributed by atoms with E-state index in [1.165, 1.54) is 18.1 Å². The largest absolute Gasteiger partial charge is 0.465 e. The molecule has 1 saturated carbocycles. The van der Waals surface area contributed by atoms with Gasteiger partial charge in [0, 0.05) is 37.3 Å². The van der Waals surface area contributed by atoms with Gasteiger partial charge in [0.1, 0.15) is 0 Å². The van der Waals surface area contributed by atoms with E-state index in [1.54, 1.807) is 0 Å². The number of carbonyl (C=O) groups is 1. The van der Waals surface area contributed by atoms with Gasteiger partial charge in [0.25, 0.3) is 0 Å². The molecule has 6 atom stereocenters. The van der Waals surface area contributed by atoms with E-state index in [4.69, 9.17) is 4.74 Å². The standard InChI is InChI=1S/C20H28N2O3/c1-3-7-22-10-14(11-25-12(2)23)20(24)19-15-5-4-6-16-18(15)13(9-21-16)8-17(19)22/h4-6,9,14,16-21,24H,3,7-8,10-11H2,1-2H3/t14-,16?,17-,18?,19-,20-/m1/s1. The fourth-order valence-corrected chi connectivity index (χ4v) is 5.23. The van der Waals surface area contributed by atoms with Crippen LogP contribution in [0.15, 0.2) is 35.6 Å². The number of esters is 1. The number of ether oxygens (including phenoxy) is 1. The van der Waals surface area contributed by atoms with Gasteiger partial charge in [-0.05, 0) is 31.2 Å². The van der Waals surface area contributed by atoms with Crippen LogP contribution in [-0.4, -0.2) is 53.9 Å². The van der Waals surface area contributed by atoms with Gasteiger partial charge in [-0.2, -0.15) is 0 Å². The number of hydrogen-bond acceptors (Lipinski definition) is 5. The van der Waals surface area contributed by atoms with Gasteiger partial charge in [0.15, 0.2) is 0 Å². The van der Waals surface area contributed by atoms with Crippen molar-refractivity contribution in [3.8, 4) is 0 Å². The summed E-state index contributed by atoms with van der Waals surface area (Å²) in [5.74, 6) is 0.208. The molecule has 0 radical (unpaired) electrons. The van der Waals surface area contributed by atoms with Gasteiger partial charge >= 0.3 is 5.97 Å². The molecule has 5 heteroatoms. The Kier molecular flexibility index (Phi) is 4.46. The van der Waals surface area contributed by atoms with Crippen LogP contribution in [0.4, 0.5) is 0 Å². The molecule has 0 bridgehead atoms. The second kappa shape index (κ2) is 6.61. The van der Waals surface area contributed by atoms with E-state index in [0.717, 1.165) is 25.9 Å². The van der Waals surface area contributed by atoms with E-state index in [1.807, 2.05) is 0 Å². The predicted octanol–water partition coefficient (Wildman–Crippen LogP) is 1.61. The number of aliphatic hydroxyl groups excluding tert-OH is 1. The number of allylic oxidation sites excluding steroid dienone is 2. The highest BCUT2D eigenvalue weighted by Gasteiger charge is 2.52. The third kappa shape index (κ3) is 2.83. The molecule has 2 N–H and O–H groups in total. The third-order valence-corrected chi connectivity index (χ3v) is 6.23. The molecule has 0 aromatic rings. The van der Waals surface area contributed by atoms with Crippen molar-refractivity contribution < 1.29 is 14.6 Å². The van der Waals surface area contributed by atoms with Crippen molar-refractivity contribution in [2.75, 3.05) is 19.7 Å². The zero-order chi connectivity index (χ0) is 17.6. The maximum absolute atomic E-state index is 11.3. The summed E-state index contributed by atoms with van der Waals surface area (Å²) in [6.45, 7) is 5.74. The molecule has 2 fully saturated rings. The van der Waals surface area contributed by atoms with Crippen molar-refractivity contribution in [2.24, 2.45) is 17.8 Å². The van der Waals surface area contributed by atoms with Gasteiger partial charge < -0.3 is 15.2 Å². The summed E-state index contributed by atoms with van der Waals surface area (Å²) in [4.78, 5) is 13.8. The van der Waals surface area contributed by atoms with E-state index >= 15 is 0 Å². The lowest BCUT2D eigenvalue weighted by atomic mass is 9.63. The lowest BCUT2D eigenvalue weighted by Crippen LogP contribution is -2.60. The molecule has 0 amide bonds. The van der Waals surface area contributed by atoms with Crippen LogP contribution >= 0.6 is 0 Å². The van der Waals surface area contributed by atoms with E-state index < -0.39 is 6.10 Å². The van der Waals surface area contributed by atoms with Crippen molar-refractivity contribution in [3.05, 3.63) is 35.6 Å². The second-order valence-corrected chi connectivity index (χ2v) is 7.79. The summed E-state index contributed by atoms with van der Waals surface area (Å²) in [5, 5.41) is 14.7. The van der Waals surface area contributed by atoms with Gasteiger partial charge in [0.05, 0.1) is 18.8 Å². The Morgan fingerprint density at radius 2 is 2.32 bits per heavy atom. The van der Waals surface area contributed by atoms with Gasteiger partial charge in [-0.15, -0.1) is 0 Å². The second-order valence-electron chi connectivity index (χ2n) is 7.79. The first-order valence-electron chi connectivity index (χ1n) is 9.49. The van der Waals surface area contributed by atoms with Crippen molar-refractivity contribution in [2.45, 2.75) is 44.9 Å². The Hall–Kier alpha value is -1.59. The highest BCUT2D eigenvalue weighted by molar-refractivity contribution is 5.65. The van der Waals surface area contributed by atoms with Gasteiger partial charge in [-0.25, -0.2) is 0 Å². The summed E-state index contributed by atoms with van der Waals surface area (Å²) in [7, 11) is 0. The number of nitrogens with zero attached hydrogens (tertiary/aromatic N) is 1. The molecule has 136 valence electrons. The maximum Gasteiger partial charge on any atom is 0.302 e. The number of aliphatic hydroxyl groups is 1. The summed E-state index contributed by atoms with van der Waals surface area (Å²) >= 11 is 0. The van der Waals surface area contributed by atoms with Crippen molar-refractivity contribution in [1.82, 2.24) is 10.2 Å². The molecule has 2 unspecified atom stereocenters. The molecule has 2 aliphatic heterocycles. The smallest absolute Gasteiger partial charge is 0.302 e. The Morgan fingerprint density at radius 3 is 3.08 bits per heavy atom. The number of carbonyl (C=O) groups excluding carboxylic acids is 1. The first-order valence-corrected chi connectivity index (χ1v) is 9.49. The van der Waals surface area contributed by atoms with Crippen molar-refractivity contribution in [3.63, 3.8) is 0 Å². The molecule has 0 spiro atoms. The normalized spacial score (nSPS) is 39.0. The minimum Gasteiger partial charge on any atom is -0.465 e. The number of rotatable bonds is 4. The molecule has 0 aromatic heterocycles. The molecule has 4 aliphatic rings. The number of piperidine rings is 1. The highest BCUT2D eigenvalue weighted by Crippen LogP contribution is 2.49. The summed E-state index contributed by atoms with van der Waals surface area (Å²) in [5.41, 5.74) is 2.81.